The Labute approximate surface area is 194 Å². The number of fused-ring (bicyclic) bond motifs is 3. The SMILES string of the molecule is C=CC(=O)N1C[C@@H]2[C@@H](C#Cc3c(-c4ccc(Cl)c5c4OCO5)c4c(N)ncnc4n3C)[C@@H]2C1. The number of anilines is 1. The highest BCUT2D eigenvalue weighted by Gasteiger charge is 2.55. The molecule has 9 heteroatoms. The number of amides is 1. The first-order chi connectivity index (χ1) is 16.0. The molecule has 1 saturated heterocycles. The minimum Gasteiger partial charge on any atom is -0.453 e. The molecule has 6 rings (SSSR count). The number of benzene rings is 1. The van der Waals surface area contributed by atoms with Gasteiger partial charge in [-0.2, -0.15) is 0 Å². The van der Waals surface area contributed by atoms with Crippen molar-refractivity contribution in [2.45, 2.75) is 0 Å². The molecule has 3 aliphatic rings. The molecular weight excluding hydrogens is 442 g/mol. The largest absolute Gasteiger partial charge is 0.453 e. The number of nitrogen functional groups attached to an aromatic ring is 1. The molecule has 1 aromatic carbocycles. The van der Waals surface area contributed by atoms with Crippen LogP contribution < -0.4 is 15.2 Å². The number of hydrogen-bond donors (Lipinski definition) is 1. The van der Waals surface area contributed by atoms with Gasteiger partial charge >= 0.3 is 0 Å². The Morgan fingerprint density at radius 2 is 2.03 bits per heavy atom. The molecule has 0 unspecified atom stereocenters. The van der Waals surface area contributed by atoms with Gasteiger partial charge in [-0.25, -0.2) is 9.97 Å². The molecule has 1 saturated carbocycles. The summed E-state index contributed by atoms with van der Waals surface area (Å²) >= 11 is 6.31. The van der Waals surface area contributed by atoms with Gasteiger partial charge in [0.15, 0.2) is 11.5 Å². The number of ether oxygens (including phenoxy) is 2. The molecule has 8 nitrogen and oxygen atoms in total. The van der Waals surface area contributed by atoms with Crippen LogP contribution in [0.25, 0.3) is 22.2 Å². The second kappa shape index (κ2) is 7.15. The summed E-state index contributed by atoms with van der Waals surface area (Å²) in [5.41, 5.74) is 9.32. The Kier molecular flexibility index (Phi) is 4.32. The quantitative estimate of drug-likeness (QED) is 0.465. The first-order valence-corrected chi connectivity index (χ1v) is 11.0. The standard InChI is InChI=1S/C24H20ClN5O3/c1-3-18(31)30-8-14-12(15(14)9-30)5-7-17-19(20-23(26)27-10-28-24(20)29(17)2)13-4-6-16(25)22-21(13)32-11-33-22/h3-4,6,10,12,14-15H,1,8-9,11H2,2H3,(H2,26,27,28)/t12-,14-,15+. The van der Waals surface area contributed by atoms with Crippen LogP contribution in [-0.4, -0.2) is 45.2 Å². The summed E-state index contributed by atoms with van der Waals surface area (Å²) in [5, 5.41) is 1.19. The van der Waals surface area contributed by atoms with Gasteiger partial charge in [0, 0.05) is 37.2 Å². The molecule has 33 heavy (non-hydrogen) atoms. The van der Waals surface area contributed by atoms with Crippen molar-refractivity contribution >= 4 is 34.4 Å². The Bertz CT molecular complexity index is 1410. The zero-order chi connectivity index (χ0) is 22.9. The van der Waals surface area contributed by atoms with Gasteiger partial charge in [0.05, 0.1) is 10.4 Å². The van der Waals surface area contributed by atoms with Crippen LogP contribution in [0.5, 0.6) is 11.5 Å². The Morgan fingerprint density at radius 3 is 2.79 bits per heavy atom. The number of aromatic nitrogens is 3. The predicted octanol–water partition coefficient (Wildman–Crippen LogP) is 2.84. The summed E-state index contributed by atoms with van der Waals surface area (Å²) in [5.74, 6) is 9.30. The minimum atomic E-state index is -0.0160. The van der Waals surface area contributed by atoms with E-state index in [9.17, 15) is 4.79 Å². The normalized spacial score (nSPS) is 22.1. The van der Waals surface area contributed by atoms with Gasteiger partial charge in [-0.05, 0) is 36.0 Å². The average molecular weight is 462 g/mol. The molecule has 4 heterocycles. The zero-order valence-electron chi connectivity index (χ0n) is 17.8. The Morgan fingerprint density at radius 1 is 1.27 bits per heavy atom. The van der Waals surface area contributed by atoms with Gasteiger partial charge in [0.1, 0.15) is 23.5 Å². The van der Waals surface area contributed by atoms with Gasteiger partial charge in [-0.1, -0.05) is 24.1 Å². The predicted molar refractivity (Wildman–Crippen MR) is 124 cm³/mol. The Hall–Kier alpha value is -3.70. The maximum Gasteiger partial charge on any atom is 0.245 e. The first kappa shape index (κ1) is 19.9. The third kappa shape index (κ3) is 2.89. The molecule has 2 fully saturated rings. The second-order valence-electron chi connectivity index (χ2n) is 8.47. The molecule has 3 atom stereocenters. The van der Waals surface area contributed by atoms with Crippen LogP contribution in [0.1, 0.15) is 5.69 Å². The number of hydrogen-bond acceptors (Lipinski definition) is 6. The highest BCUT2D eigenvalue weighted by atomic mass is 35.5. The summed E-state index contributed by atoms with van der Waals surface area (Å²) < 4.78 is 13.3. The molecule has 1 amide bonds. The summed E-state index contributed by atoms with van der Waals surface area (Å²) in [4.78, 5) is 22.4. The third-order valence-corrected chi connectivity index (χ3v) is 7.07. The van der Waals surface area contributed by atoms with E-state index in [1.54, 1.807) is 6.07 Å². The lowest BCUT2D eigenvalue weighted by atomic mass is 10.0. The number of carbonyl (C=O) groups excluding carboxylic acids is 1. The van der Waals surface area contributed by atoms with Crippen LogP contribution in [-0.2, 0) is 11.8 Å². The van der Waals surface area contributed by atoms with Crippen molar-refractivity contribution in [1.82, 2.24) is 19.4 Å². The Balaban J connectivity index is 1.45. The van der Waals surface area contributed by atoms with Crippen molar-refractivity contribution in [3.8, 4) is 34.5 Å². The first-order valence-electron chi connectivity index (χ1n) is 10.6. The number of nitrogens with zero attached hydrogens (tertiary/aromatic N) is 4. The van der Waals surface area contributed by atoms with Crippen molar-refractivity contribution in [2.24, 2.45) is 24.8 Å². The molecule has 0 bridgehead atoms. The molecule has 0 radical (unpaired) electrons. The van der Waals surface area contributed by atoms with E-state index in [1.807, 2.05) is 22.6 Å². The van der Waals surface area contributed by atoms with Crippen LogP contribution in [0.4, 0.5) is 5.82 Å². The monoisotopic (exact) mass is 461 g/mol. The highest BCUT2D eigenvalue weighted by molar-refractivity contribution is 6.32. The molecule has 1 aliphatic carbocycles. The molecule has 3 aromatic rings. The van der Waals surface area contributed by atoms with E-state index in [2.05, 4.69) is 28.4 Å². The van der Waals surface area contributed by atoms with Crippen molar-refractivity contribution in [2.75, 3.05) is 25.6 Å². The third-order valence-electron chi connectivity index (χ3n) is 6.77. The fourth-order valence-electron chi connectivity index (χ4n) is 5.05. The summed E-state index contributed by atoms with van der Waals surface area (Å²) in [6.07, 6.45) is 2.82. The molecular formula is C24H20ClN5O3. The fourth-order valence-corrected chi connectivity index (χ4v) is 5.25. The van der Waals surface area contributed by atoms with Gasteiger partial charge in [0.2, 0.25) is 12.7 Å². The highest BCUT2D eigenvalue weighted by Crippen LogP contribution is 2.52. The number of carbonyl (C=O) groups is 1. The summed E-state index contributed by atoms with van der Waals surface area (Å²) in [7, 11) is 1.91. The molecule has 2 aromatic heterocycles. The van der Waals surface area contributed by atoms with E-state index in [0.29, 0.717) is 45.2 Å². The van der Waals surface area contributed by atoms with E-state index in [0.717, 1.165) is 29.9 Å². The van der Waals surface area contributed by atoms with E-state index in [-0.39, 0.29) is 18.6 Å². The number of rotatable bonds is 2. The lowest BCUT2D eigenvalue weighted by Gasteiger charge is -2.16. The van der Waals surface area contributed by atoms with Gasteiger partial charge < -0.3 is 24.7 Å². The fraction of sp³-hybridized carbons (Fsp3) is 0.292. The number of halogens is 1. The maximum atomic E-state index is 11.9. The minimum absolute atomic E-state index is 0.0160. The van der Waals surface area contributed by atoms with Crippen molar-refractivity contribution in [1.29, 1.82) is 0 Å². The summed E-state index contributed by atoms with van der Waals surface area (Å²) in [6.45, 7) is 5.12. The molecule has 2 aliphatic heterocycles. The van der Waals surface area contributed by atoms with Gasteiger partial charge in [-0.3, -0.25) is 4.79 Å². The number of likely N-dealkylation sites (tertiary alicyclic amines) is 1. The van der Waals surface area contributed by atoms with Crippen molar-refractivity contribution in [3.63, 3.8) is 0 Å². The van der Waals surface area contributed by atoms with Crippen LogP contribution in [0.2, 0.25) is 5.02 Å². The van der Waals surface area contributed by atoms with Crippen molar-refractivity contribution in [3.05, 3.63) is 41.8 Å². The van der Waals surface area contributed by atoms with E-state index >= 15 is 0 Å². The molecule has 0 spiro atoms. The maximum absolute atomic E-state index is 11.9. The van der Waals surface area contributed by atoms with Crippen molar-refractivity contribution < 1.29 is 14.3 Å². The number of nitrogens with two attached hydrogens (primary N) is 1. The number of aryl methyl sites for hydroxylation is 1. The zero-order valence-corrected chi connectivity index (χ0v) is 18.6. The lowest BCUT2D eigenvalue weighted by molar-refractivity contribution is -0.125. The van der Waals surface area contributed by atoms with Crippen LogP contribution >= 0.6 is 11.6 Å². The topological polar surface area (TPSA) is 95.5 Å². The van der Waals surface area contributed by atoms with Crippen LogP contribution in [0.3, 0.4) is 0 Å². The van der Waals surface area contributed by atoms with E-state index in [4.69, 9.17) is 26.8 Å². The lowest BCUT2D eigenvalue weighted by Crippen LogP contribution is -2.29. The van der Waals surface area contributed by atoms with Crippen LogP contribution in [0.15, 0.2) is 31.1 Å². The number of piperidine rings is 1. The molecule has 2 N–H and O–H groups in total. The van der Waals surface area contributed by atoms with E-state index < -0.39 is 0 Å². The van der Waals surface area contributed by atoms with Gasteiger partial charge in [-0.15, -0.1) is 0 Å². The molecule has 166 valence electrons. The van der Waals surface area contributed by atoms with Crippen LogP contribution in [0, 0.1) is 29.6 Å². The second-order valence-corrected chi connectivity index (χ2v) is 8.88. The van der Waals surface area contributed by atoms with E-state index in [1.165, 1.54) is 12.4 Å². The van der Waals surface area contributed by atoms with Gasteiger partial charge in [0.25, 0.3) is 0 Å². The smallest absolute Gasteiger partial charge is 0.245 e. The summed E-state index contributed by atoms with van der Waals surface area (Å²) in [6, 6.07) is 3.66. The average Bonchev–Trinajstić information content (AvgIpc) is 3.23.